The fraction of sp³-hybridized carbons (Fsp3) is 0. The Morgan fingerprint density at radius 2 is 1.05 bits per heavy atom. The van der Waals surface area contributed by atoms with Crippen molar-refractivity contribution in [3.8, 4) is 27.9 Å². The van der Waals surface area contributed by atoms with Gasteiger partial charge in [-0.2, -0.15) is 0 Å². The molecule has 0 radical (unpaired) electrons. The Hall–Kier alpha value is -6.85. The van der Waals surface area contributed by atoms with Crippen molar-refractivity contribution in [3.63, 3.8) is 0 Å². The molecule has 0 spiro atoms. The van der Waals surface area contributed by atoms with Gasteiger partial charge in [0.25, 0.3) is 0 Å². The first-order chi connectivity index (χ1) is 28.8. The molecule has 58 heavy (non-hydrogen) atoms. The molecule has 11 aromatic rings. The van der Waals surface area contributed by atoms with E-state index in [4.69, 9.17) is 4.42 Å². The van der Waals surface area contributed by atoms with Gasteiger partial charge in [-0.25, -0.2) is 0 Å². The number of benzene rings is 9. The first-order valence-corrected chi connectivity index (χ1v) is 22.7. The standard InChI is InChI=1S/C54H35NOSSi/c1-4-16-36(17-5-1)37-30-32-48-45(34-37)41-22-10-11-26-47(41)55(48)38-31-33-49-46(35-38)43-24-14-23-42(53(43)56-49)44-25-15-29-52-54(44)57-50-27-12-13-28-51(50)58(52,39-18-6-2-7-19-39)40-20-8-3-9-21-40/h1-35H. The molecule has 0 aliphatic carbocycles. The molecule has 1 aliphatic heterocycles. The molecule has 272 valence electrons. The van der Waals surface area contributed by atoms with Crippen LogP contribution in [0, 0.1) is 0 Å². The lowest BCUT2D eigenvalue weighted by Gasteiger charge is -2.40. The summed E-state index contributed by atoms with van der Waals surface area (Å²) < 4.78 is 9.33. The van der Waals surface area contributed by atoms with Gasteiger partial charge < -0.3 is 8.98 Å². The number of rotatable bonds is 5. The van der Waals surface area contributed by atoms with Gasteiger partial charge in [-0.3, -0.25) is 0 Å². The van der Waals surface area contributed by atoms with E-state index in [1.54, 1.807) is 0 Å². The summed E-state index contributed by atoms with van der Waals surface area (Å²) in [7, 11) is -2.70. The molecule has 0 saturated carbocycles. The maximum Gasteiger partial charge on any atom is 0.181 e. The number of hydrogen-bond donors (Lipinski definition) is 0. The molecule has 1 aliphatic rings. The highest BCUT2D eigenvalue weighted by molar-refractivity contribution is 8.00. The molecule has 3 heterocycles. The van der Waals surface area contributed by atoms with Gasteiger partial charge in [0.1, 0.15) is 11.2 Å². The van der Waals surface area contributed by atoms with Crippen LogP contribution < -0.4 is 20.7 Å². The van der Waals surface area contributed by atoms with Crippen molar-refractivity contribution in [1.29, 1.82) is 0 Å². The van der Waals surface area contributed by atoms with E-state index in [9.17, 15) is 0 Å². The number of nitrogens with zero attached hydrogens (tertiary/aromatic N) is 1. The number of furan rings is 1. The van der Waals surface area contributed by atoms with Crippen LogP contribution in [-0.4, -0.2) is 12.6 Å². The van der Waals surface area contributed by atoms with E-state index in [1.165, 1.54) is 69.0 Å². The summed E-state index contributed by atoms with van der Waals surface area (Å²) in [6.45, 7) is 0. The van der Waals surface area contributed by atoms with Crippen LogP contribution in [0.4, 0.5) is 0 Å². The largest absolute Gasteiger partial charge is 0.455 e. The topological polar surface area (TPSA) is 18.1 Å². The quantitative estimate of drug-likeness (QED) is 0.162. The van der Waals surface area contributed by atoms with Crippen LogP contribution in [0.2, 0.25) is 0 Å². The normalized spacial score (nSPS) is 13.2. The molecule has 2 nitrogen and oxygen atoms in total. The molecular formula is C54H35NOSSi. The Balaban J connectivity index is 1.06. The molecule has 0 bridgehead atoms. The number of fused-ring (bicyclic) bond motifs is 8. The average molecular weight is 774 g/mol. The first kappa shape index (κ1) is 33.3. The molecule has 0 N–H and O–H groups in total. The van der Waals surface area contributed by atoms with Crippen LogP contribution in [-0.2, 0) is 0 Å². The SMILES string of the molecule is c1ccc(-c2ccc3c(c2)c2ccccc2n3-c2ccc3oc4c(-c5cccc6c5Sc5ccccc5[Si]6(c5ccccc5)c5ccccc5)cccc4c3c2)cc1. The summed E-state index contributed by atoms with van der Waals surface area (Å²) in [6.07, 6.45) is 0. The molecule has 0 fully saturated rings. The van der Waals surface area contributed by atoms with Crippen molar-refractivity contribution in [2.24, 2.45) is 0 Å². The molecule has 0 saturated heterocycles. The third-order valence-electron chi connectivity index (χ3n) is 12.1. The lowest BCUT2D eigenvalue weighted by Crippen LogP contribution is -2.76. The van der Waals surface area contributed by atoms with Crippen LogP contribution in [0.3, 0.4) is 0 Å². The Labute approximate surface area is 341 Å². The molecule has 0 amide bonds. The van der Waals surface area contributed by atoms with Crippen LogP contribution in [0.5, 0.6) is 0 Å². The van der Waals surface area contributed by atoms with Gasteiger partial charge in [-0.1, -0.05) is 182 Å². The van der Waals surface area contributed by atoms with Crippen molar-refractivity contribution in [2.45, 2.75) is 9.79 Å². The van der Waals surface area contributed by atoms with Crippen molar-refractivity contribution in [1.82, 2.24) is 4.57 Å². The Kier molecular flexibility index (Phi) is 7.52. The third-order valence-corrected chi connectivity index (χ3v) is 18.6. The Bertz CT molecular complexity index is 3330. The molecular weight excluding hydrogens is 739 g/mol. The summed E-state index contributed by atoms with van der Waals surface area (Å²) in [5.41, 5.74) is 10.1. The van der Waals surface area contributed by atoms with Gasteiger partial charge in [0, 0.05) is 42.6 Å². The minimum absolute atomic E-state index is 0.887. The van der Waals surface area contributed by atoms with E-state index in [-0.39, 0.29) is 0 Å². The third kappa shape index (κ3) is 4.86. The molecule has 0 atom stereocenters. The fourth-order valence-electron chi connectivity index (χ4n) is 9.64. The summed E-state index contributed by atoms with van der Waals surface area (Å²) in [4.78, 5) is 2.64. The lowest BCUT2D eigenvalue weighted by atomic mass is 10.0. The van der Waals surface area contributed by atoms with Crippen LogP contribution in [0.25, 0.3) is 71.7 Å². The van der Waals surface area contributed by atoms with Gasteiger partial charge in [-0.05, 0) is 79.9 Å². The van der Waals surface area contributed by atoms with E-state index in [0.29, 0.717) is 0 Å². The van der Waals surface area contributed by atoms with Gasteiger partial charge in [-0.15, -0.1) is 0 Å². The van der Waals surface area contributed by atoms with E-state index < -0.39 is 8.07 Å². The second-order valence-electron chi connectivity index (χ2n) is 15.2. The van der Waals surface area contributed by atoms with Crippen LogP contribution >= 0.6 is 11.8 Å². The highest BCUT2D eigenvalue weighted by atomic mass is 32.2. The summed E-state index contributed by atoms with van der Waals surface area (Å²) in [6, 6.07) is 78.1. The lowest BCUT2D eigenvalue weighted by molar-refractivity contribution is 0.670. The Morgan fingerprint density at radius 1 is 0.414 bits per heavy atom. The number of hydrogen-bond acceptors (Lipinski definition) is 2. The zero-order chi connectivity index (χ0) is 38.2. The van der Waals surface area contributed by atoms with E-state index in [1.807, 2.05) is 11.8 Å². The second-order valence-corrected chi connectivity index (χ2v) is 20.0. The summed E-state index contributed by atoms with van der Waals surface area (Å²) >= 11 is 1.90. The minimum Gasteiger partial charge on any atom is -0.455 e. The van der Waals surface area contributed by atoms with E-state index in [2.05, 4.69) is 217 Å². The van der Waals surface area contributed by atoms with E-state index in [0.717, 1.165) is 33.2 Å². The van der Waals surface area contributed by atoms with Crippen LogP contribution in [0.1, 0.15) is 0 Å². The van der Waals surface area contributed by atoms with Crippen molar-refractivity contribution >= 4 is 84.3 Å². The average Bonchev–Trinajstić information content (AvgIpc) is 3.84. The maximum atomic E-state index is 6.92. The van der Waals surface area contributed by atoms with Crippen molar-refractivity contribution in [3.05, 3.63) is 212 Å². The summed E-state index contributed by atoms with van der Waals surface area (Å²) in [5.74, 6) is 0. The predicted octanol–water partition coefficient (Wildman–Crippen LogP) is 11.9. The van der Waals surface area contributed by atoms with Crippen LogP contribution in [0.15, 0.2) is 227 Å². The molecule has 0 unspecified atom stereocenters. The highest BCUT2D eigenvalue weighted by Gasteiger charge is 2.47. The maximum absolute atomic E-state index is 6.92. The van der Waals surface area contributed by atoms with Gasteiger partial charge in [0.2, 0.25) is 0 Å². The smallest absolute Gasteiger partial charge is 0.181 e. The number of para-hydroxylation sites is 2. The van der Waals surface area contributed by atoms with Gasteiger partial charge in [0.15, 0.2) is 8.07 Å². The first-order valence-electron chi connectivity index (χ1n) is 19.8. The fourth-order valence-corrected chi connectivity index (χ4v) is 16.7. The zero-order valence-electron chi connectivity index (χ0n) is 31.5. The van der Waals surface area contributed by atoms with Crippen molar-refractivity contribution in [2.75, 3.05) is 0 Å². The number of aromatic nitrogens is 1. The zero-order valence-corrected chi connectivity index (χ0v) is 33.3. The minimum atomic E-state index is -2.70. The molecule has 2 aromatic heterocycles. The predicted molar refractivity (Wildman–Crippen MR) is 247 cm³/mol. The second kappa shape index (κ2) is 13.1. The molecule has 4 heteroatoms. The highest BCUT2D eigenvalue weighted by Crippen LogP contribution is 2.44. The van der Waals surface area contributed by atoms with Gasteiger partial charge in [0.05, 0.1) is 11.0 Å². The molecule has 12 rings (SSSR count). The van der Waals surface area contributed by atoms with Crippen molar-refractivity contribution < 1.29 is 4.42 Å². The van der Waals surface area contributed by atoms with E-state index >= 15 is 0 Å². The Morgan fingerprint density at radius 3 is 1.86 bits per heavy atom. The monoisotopic (exact) mass is 773 g/mol. The molecule has 9 aromatic carbocycles. The van der Waals surface area contributed by atoms with Gasteiger partial charge >= 0.3 is 0 Å². The summed E-state index contributed by atoms with van der Waals surface area (Å²) in [5, 5.41) is 10.4.